The third-order valence-electron chi connectivity index (χ3n) is 3.97. The van der Waals surface area contributed by atoms with Gasteiger partial charge in [-0.25, -0.2) is 0 Å². The van der Waals surface area contributed by atoms with Crippen LogP contribution < -0.4 is 5.32 Å². The van der Waals surface area contributed by atoms with E-state index in [-0.39, 0.29) is 0 Å². The molecule has 0 aromatic carbocycles. The zero-order chi connectivity index (χ0) is 12.1. The van der Waals surface area contributed by atoms with Crippen molar-refractivity contribution in [1.82, 2.24) is 10.2 Å². The van der Waals surface area contributed by atoms with E-state index in [0.717, 1.165) is 26.2 Å². The number of rotatable bonds is 6. The van der Waals surface area contributed by atoms with Gasteiger partial charge in [0.2, 0.25) is 0 Å². The third kappa shape index (κ3) is 3.91. The van der Waals surface area contributed by atoms with Crippen molar-refractivity contribution < 1.29 is 9.47 Å². The number of nitrogens with one attached hydrogen (secondary N) is 1. The Morgan fingerprint density at radius 1 is 1.47 bits per heavy atom. The molecule has 0 bridgehead atoms. The van der Waals surface area contributed by atoms with Gasteiger partial charge in [0.15, 0.2) is 0 Å². The molecule has 2 aliphatic heterocycles. The number of hydrogen-bond donors (Lipinski definition) is 1. The number of nitrogens with zero attached hydrogens (tertiary/aromatic N) is 1. The first-order valence-corrected chi connectivity index (χ1v) is 6.88. The van der Waals surface area contributed by atoms with Crippen LogP contribution in [0.1, 0.15) is 26.2 Å². The molecule has 2 fully saturated rings. The number of ether oxygens (including phenoxy) is 2. The van der Waals surface area contributed by atoms with E-state index in [1.54, 1.807) is 0 Å². The summed E-state index contributed by atoms with van der Waals surface area (Å²) in [5, 5.41) is 3.53. The molecule has 1 N–H and O–H groups in total. The first-order chi connectivity index (χ1) is 8.29. The van der Waals surface area contributed by atoms with Gasteiger partial charge in [-0.15, -0.1) is 0 Å². The van der Waals surface area contributed by atoms with Crippen LogP contribution in [-0.2, 0) is 9.47 Å². The molecular weight excluding hydrogens is 216 g/mol. The monoisotopic (exact) mass is 242 g/mol. The molecule has 2 saturated heterocycles. The van der Waals surface area contributed by atoms with Gasteiger partial charge in [0.05, 0.1) is 12.2 Å². The predicted molar refractivity (Wildman–Crippen MR) is 68.3 cm³/mol. The molecule has 0 aromatic rings. The molecule has 2 heterocycles. The van der Waals surface area contributed by atoms with Gasteiger partial charge in [-0.3, -0.25) is 4.90 Å². The Morgan fingerprint density at radius 2 is 2.35 bits per heavy atom. The summed E-state index contributed by atoms with van der Waals surface area (Å²) in [5.74, 6) is 0. The van der Waals surface area contributed by atoms with Crippen molar-refractivity contribution in [2.75, 3.05) is 39.9 Å². The highest BCUT2D eigenvalue weighted by Crippen LogP contribution is 2.15. The summed E-state index contributed by atoms with van der Waals surface area (Å²) in [7, 11) is 1.81. The summed E-state index contributed by atoms with van der Waals surface area (Å²) in [4.78, 5) is 2.51. The highest BCUT2D eigenvalue weighted by molar-refractivity contribution is 4.81. The lowest BCUT2D eigenvalue weighted by Crippen LogP contribution is -2.41. The molecule has 100 valence electrons. The molecule has 0 aliphatic carbocycles. The summed E-state index contributed by atoms with van der Waals surface area (Å²) in [6, 6.07) is 0.594. The van der Waals surface area contributed by atoms with E-state index < -0.39 is 0 Å². The third-order valence-corrected chi connectivity index (χ3v) is 3.97. The molecule has 4 heteroatoms. The maximum absolute atomic E-state index is 5.60. The Morgan fingerprint density at radius 3 is 3.00 bits per heavy atom. The summed E-state index contributed by atoms with van der Waals surface area (Å²) in [5.41, 5.74) is 0. The topological polar surface area (TPSA) is 33.7 Å². The average Bonchev–Trinajstić information content (AvgIpc) is 2.99. The van der Waals surface area contributed by atoms with Crippen molar-refractivity contribution in [2.45, 2.75) is 44.4 Å². The molecule has 0 amide bonds. The lowest BCUT2D eigenvalue weighted by molar-refractivity contribution is 0.0978. The zero-order valence-electron chi connectivity index (χ0n) is 11.2. The maximum Gasteiger partial charge on any atom is 0.0710 e. The van der Waals surface area contributed by atoms with Crippen LogP contribution in [-0.4, -0.2) is 63.0 Å². The minimum Gasteiger partial charge on any atom is -0.380 e. The van der Waals surface area contributed by atoms with Crippen LogP contribution in [0.3, 0.4) is 0 Å². The SMILES string of the molecule is COC1CCN(C(C)CNCC2CCCO2)C1. The van der Waals surface area contributed by atoms with Gasteiger partial charge < -0.3 is 14.8 Å². The van der Waals surface area contributed by atoms with Crippen LogP contribution in [0.2, 0.25) is 0 Å². The van der Waals surface area contributed by atoms with Crippen LogP contribution in [0.25, 0.3) is 0 Å². The standard InChI is InChI=1S/C13H26N2O2/c1-11(15-6-5-13(10-15)16-2)8-14-9-12-4-3-7-17-12/h11-14H,3-10H2,1-2H3. The molecule has 0 spiro atoms. The molecular formula is C13H26N2O2. The Labute approximate surface area is 105 Å². The first kappa shape index (κ1) is 13.3. The van der Waals surface area contributed by atoms with Crippen molar-refractivity contribution in [3.8, 4) is 0 Å². The maximum atomic E-state index is 5.60. The van der Waals surface area contributed by atoms with Crippen LogP contribution in [0.5, 0.6) is 0 Å². The predicted octanol–water partition coefficient (Wildman–Crippen LogP) is 0.864. The zero-order valence-corrected chi connectivity index (χ0v) is 11.2. The largest absolute Gasteiger partial charge is 0.380 e. The normalized spacial score (nSPS) is 32.1. The van der Waals surface area contributed by atoms with E-state index in [2.05, 4.69) is 17.1 Å². The fraction of sp³-hybridized carbons (Fsp3) is 1.00. The van der Waals surface area contributed by atoms with Crippen LogP contribution >= 0.6 is 0 Å². The van der Waals surface area contributed by atoms with Crippen molar-refractivity contribution in [1.29, 1.82) is 0 Å². The molecule has 3 unspecified atom stereocenters. The Kier molecular flexibility index (Phi) is 5.22. The summed E-state index contributed by atoms with van der Waals surface area (Å²) in [6.07, 6.45) is 4.51. The van der Waals surface area contributed by atoms with Gasteiger partial charge in [0.25, 0.3) is 0 Å². The average molecular weight is 242 g/mol. The van der Waals surface area contributed by atoms with Crippen LogP contribution in [0.15, 0.2) is 0 Å². The highest BCUT2D eigenvalue weighted by Gasteiger charge is 2.25. The molecule has 0 saturated carbocycles. The quantitative estimate of drug-likeness (QED) is 0.749. The second kappa shape index (κ2) is 6.69. The van der Waals surface area contributed by atoms with E-state index in [4.69, 9.17) is 9.47 Å². The Balaban J connectivity index is 1.58. The van der Waals surface area contributed by atoms with E-state index in [1.165, 1.54) is 25.8 Å². The molecule has 2 aliphatic rings. The van der Waals surface area contributed by atoms with E-state index in [1.807, 2.05) is 7.11 Å². The van der Waals surface area contributed by atoms with Gasteiger partial charge in [-0.2, -0.15) is 0 Å². The van der Waals surface area contributed by atoms with Crippen molar-refractivity contribution in [2.24, 2.45) is 0 Å². The number of methoxy groups -OCH3 is 1. The van der Waals surface area contributed by atoms with E-state index >= 15 is 0 Å². The van der Waals surface area contributed by atoms with Crippen molar-refractivity contribution >= 4 is 0 Å². The summed E-state index contributed by atoms with van der Waals surface area (Å²) >= 11 is 0. The Hall–Kier alpha value is -0.160. The molecule has 3 atom stereocenters. The fourth-order valence-corrected chi connectivity index (χ4v) is 2.73. The van der Waals surface area contributed by atoms with Gasteiger partial charge in [0.1, 0.15) is 0 Å². The fourth-order valence-electron chi connectivity index (χ4n) is 2.73. The van der Waals surface area contributed by atoms with Crippen molar-refractivity contribution in [3.05, 3.63) is 0 Å². The van der Waals surface area contributed by atoms with Gasteiger partial charge >= 0.3 is 0 Å². The summed E-state index contributed by atoms with van der Waals surface area (Å²) < 4.78 is 11.0. The minimum absolute atomic E-state index is 0.440. The lowest BCUT2D eigenvalue weighted by Gasteiger charge is -2.25. The minimum atomic E-state index is 0.440. The van der Waals surface area contributed by atoms with Crippen LogP contribution in [0, 0.1) is 0 Å². The first-order valence-electron chi connectivity index (χ1n) is 6.88. The second-order valence-corrected chi connectivity index (χ2v) is 5.28. The molecule has 2 rings (SSSR count). The summed E-state index contributed by atoms with van der Waals surface area (Å²) in [6.45, 7) is 7.55. The lowest BCUT2D eigenvalue weighted by atomic mass is 10.2. The molecule has 0 aromatic heterocycles. The van der Waals surface area contributed by atoms with Gasteiger partial charge in [-0.05, 0) is 26.2 Å². The highest BCUT2D eigenvalue weighted by atomic mass is 16.5. The second-order valence-electron chi connectivity index (χ2n) is 5.28. The number of hydrogen-bond acceptors (Lipinski definition) is 4. The molecule has 0 radical (unpaired) electrons. The number of likely N-dealkylation sites (tertiary alicyclic amines) is 1. The Bertz CT molecular complexity index is 219. The molecule has 17 heavy (non-hydrogen) atoms. The van der Waals surface area contributed by atoms with Gasteiger partial charge in [-0.1, -0.05) is 0 Å². The van der Waals surface area contributed by atoms with E-state index in [0.29, 0.717) is 18.2 Å². The smallest absolute Gasteiger partial charge is 0.0710 e. The molecule has 4 nitrogen and oxygen atoms in total. The van der Waals surface area contributed by atoms with Gasteiger partial charge in [0, 0.05) is 45.9 Å². The van der Waals surface area contributed by atoms with Crippen LogP contribution in [0.4, 0.5) is 0 Å². The van der Waals surface area contributed by atoms with E-state index in [9.17, 15) is 0 Å². The van der Waals surface area contributed by atoms with Crippen molar-refractivity contribution in [3.63, 3.8) is 0 Å².